The van der Waals surface area contributed by atoms with Crippen molar-refractivity contribution in [1.29, 1.82) is 0 Å². The van der Waals surface area contributed by atoms with Gasteiger partial charge in [-0.3, -0.25) is 4.79 Å². The van der Waals surface area contributed by atoms with E-state index in [1.165, 1.54) is 5.56 Å². The predicted octanol–water partition coefficient (Wildman–Crippen LogP) is 2.45. The molecule has 0 radical (unpaired) electrons. The van der Waals surface area contributed by atoms with Gasteiger partial charge in [0.15, 0.2) is 0 Å². The van der Waals surface area contributed by atoms with Gasteiger partial charge < -0.3 is 10.6 Å². The summed E-state index contributed by atoms with van der Waals surface area (Å²) in [6.07, 6.45) is 1.00. The molecule has 1 aromatic carbocycles. The van der Waals surface area contributed by atoms with Crippen LogP contribution < -0.4 is 5.73 Å². The molecule has 1 rings (SSSR count). The van der Waals surface area contributed by atoms with E-state index in [-0.39, 0.29) is 11.9 Å². The monoisotopic (exact) mass is 278 g/mol. The van der Waals surface area contributed by atoms with Crippen molar-refractivity contribution in [2.24, 2.45) is 5.73 Å². The maximum atomic E-state index is 12.3. The molecule has 1 aromatic rings. The quantitative estimate of drug-likeness (QED) is 0.813. The molecule has 0 fully saturated rings. The van der Waals surface area contributed by atoms with Gasteiger partial charge in [-0.2, -0.15) is 0 Å². The average Bonchev–Trinajstić information content (AvgIpc) is 2.31. The van der Waals surface area contributed by atoms with Crippen molar-refractivity contribution in [2.75, 3.05) is 6.54 Å². The summed E-state index contributed by atoms with van der Waals surface area (Å²) in [4.78, 5) is 14.6. The third-order valence-corrected chi connectivity index (χ3v) is 3.22. The summed E-state index contributed by atoms with van der Waals surface area (Å²) < 4.78 is 0. The summed E-state index contributed by atoms with van der Waals surface area (Å²) >= 11 is 4.87. The molecule has 0 aromatic heterocycles. The Kier molecular flexibility index (Phi) is 5.96. The average molecular weight is 278 g/mol. The van der Waals surface area contributed by atoms with Crippen LogP contribution in [0.3, 0.4) is 0 Å². The highest BCUT2D eigenvalue weighted by atomic mass is 32.1. The number of thiocarbonyl (C=S) groups is 1. The van der Waals surface area contributed by atoms with Crippen LogP contribution >= 0.6 is 12.2 Å². The largest absolute Gasteiger partial charge is 0.393 e. The Hall–Kier alpha value is -1.42. The van der Waals surface area contributed by atoms with Crippen molar-refractivity contribution in [3.05, 3.63) is 35.4 Å². The summed E-state index contributed by atoms with van der Waals surface area (Å²) in [5.74, 6) is 0.120. The predicted molar refractivity (Wildman–Crippen MR) is 83.1 cm³/mol. The molecule has 0 aliphatic rings. The molecule has 0 aliphatic heterocycles. The van der Waals surface area contributed by atoms with Gasteiger partial charge in [0.05, 0.1) is 11.4 Å². The molecule has 0 heterocycles. The van der Waals surface area contributed by atoms with Gasteiger partial charge in [0.2, 0.25) is 5.91 Å². The number of amides is 1. The van der Waals surface area contributed by atoms with E-state index in [4.69, 9.17) is 18.0 Å². The lowest BCUT2D eigenvalue weighted by Crippen LogP contribution is -2.39. The van der Waals surface area contributed by atoms with Crippen molar-refractivity contribution in [1.82, 2.24) is 4.90 Å². The summed E-state index contributed by atoms with van der Waals surface area (Å²) in [5.41, 5.74) is 7.74. The number of hydrogen-bond acceptors (Lipinski definition) is 2. The highest BCUT2D eigenvalue weighted by Gasteiger charge is 2.17. The van der Waals surface area contributed by atoms with E-state index in [0.29, 0.717) is 24.4 Å². The molecule has 104 valence electrons. The molecular weight excluding hydrogens is 256 g/mol. The van der Waals surface area contributed by atoms with Crippen LogP contribution in [-0.2, 0) is 11.2 Å². The number of nitrogens with two attached hydrogens (primary N) is 1. The van der Waals surface area contributed by atoms with E-state index < -0.39 is 0 Å². The number of carbonyl (C=O) groups is 1. The Morgan fingerprint density at radius 3 is 2.37 bits per heavy atom. The Bertz CT molecular complexity index is 440. The number of nitrogens with zero attached hydrogens (tertiary/aromatic N) is 1. The molecule has 19 heavy (non-hydrogen) atoms. The van der Waals surface area contributed by atoms with Crippen LogP contribution in [0.1, 0.15) is 31.4 Å². The molecule has 0 aliphatic carbocycles. The zero-order valence-electron chi connectivity index (χ0n) is 11.8. The van der Waals surface area contributed by atoms with E-state index in [1.807, 2.05) is 49.9 Å². The first kappa shape index (κ1) is 15.6. The van der Waals surface area contributed by atoms with Crippen molar-refractivity contribution < 1.29 is 4.79 Å². The van der Waals surface area contributed by atoms with E-state index in [2.05, 4.69) is 0 Å². The first-order chi connectivity index (χ1) is 8.90. The number of benzene rings is 1. The van der Waals surface area contributed by atoms with Crippen LogP contribution in [0, 0.1) is 6.92 Å². The van der Waals surface area contributed by atoms with Crippen LogP contribution in [0.25, 0.3) is 0 Å². The highest BCUT2D eigenvalue weighted by Crippen LogP contribution is 2.08. The molecule has 2 N–H and O–H groups in total. The van der Waals surface area contributed by atoms with Gasteiger partial charge in [-0.15, -0.1) is 0 Å². The second kappa shape index (κ2) is 7.24. The second-order valence-corrected chi connectivity index (χ2v) is 5.58. The summed E-state index contributed by atoms with van der Waals surface area (Å²) in [6, 6.07) is 8.21. The summed E-state index contributed by atoms with van der Waals surface area (Å²) in [6.45, 7) is 6.64. The third kappa shape index (κ3) is 5.39. The highest BCUT2D eigenvalue weighted by molar-refractivity contribution is 7.80. The van der Waals surface area contributed by atoms with Gasteiger partial charge in [-0.1, -0.05) is 42.0 Å². The van der Waals surface area contributed by atoms with Gasteiger partial charge in [-0.05, 0) is 26.3 Å². The molecule has 1 amide bonds. The van der Waals surface area contributed by atoms with Crippen LogP contribution in [0.15, 0.2) is 24.3 Å². The van der Waals surface area contributed by atoms with E-state index in [9.17, 15) is 4.79 Å². The van der Waals surface area contributed by atoms with Crippen molar-refractivity contribution in [3.63, 3.8) is 0 Å². The zero-order chi connectivity index (χ0) is 14.4. The molecule has 0 bridgehead atoms. The molecule has 0 saturated heterocycles. The lowest BCUT2D eigenvalue weighted by Gasteiger charge is -2.26. The van der Waals surface area contributed by atoms with E-state index in [1.54, 1.807) is 0 Å². The fourth-order valence-electron chi connectivity index (χ4n) is 1.88. The fraction of sp³-hybridized carbons (Fsp3) is 0.467. The Labute approximate surface area is 120 Å². The lowest BCUT2D eigenvalue weighted by molar-refractivity contribution is -0.132. The van der Waals surface area contributed by atoms with Crippen LogP contribution in [0.2, 0.25) is 0 Å². The Morgan fingerprint density at radius 1 is 1.32 bits per heavy atom. The minimum Gasteiger partial charge on any atom is -0.393 e. The third-order valence-electron chi connectivity index (χ3n) is 3.02. The molecule has 4 heteroatoms. The standard InChI is InChI=1S/C15H22N2OS/c1-11(2)17(9-8-14(16)19)15(18)10-13-6-4-12(3)5-7-13/h4-7,11H,8-10H2,1-3H3,(H2,16,19). The van der Waals surface area contributed by atoms with Gasteiger partial charge in [0, 0.05) is 19.0 Å². The number of hydrogen-bond donors (Lipinski definition) is 1. The molecule has 0 atom stereocenters. The Balaban J connectivity index is 2.66. The van der Waals surface area contributed by atoms with Gasteiger partial charge >= 0.3 is 0 Å². The first-order valence-electron chi connectivity index (χ1n) is 6.53. The van der Waals surface area contributed by atoms with Gasteiger partial charge in [-0.25, -0.2) is 0 Å². The number of aryl methyl sites for hydroxylation is 1. The van der Waals surface area contributed by atoms with Crippen LogP contribution in [-0.4, -0.2) is 28.4 Å². The topological polar surface area (TPSA) is 46.3 Å². The van der Waals surface area contributed by atoms with Crippen LogP contribution in [0.5, 0.6) is 0 Å². The Morgan fingerprint density at radius 2 is 1.89 bits per heavy atom. The summed E-state index contributed by atoms with van der Waals surface area (Å²) in [7, 11) is 0. The smallest absolute Gasteiger partial charge is 0.227 e. The molecule has 0 spiro atoms. The SMILES string of the molecule is Cc1ccc(CC(=O)N(CCC(N)=S)C(C)C)cc1. The lowest BCUT2D eigenvalue weighted by atomic mass is 10.1. The molecule has 0 unspecified atom stereocenters. The van der Waals surface area contributed by atoms with Crippen molar-refractivity contribution in [3.8, 4) is 0 Å². The minimum absolute atomic E-state index is 0.120. The second-order valence-electron chi connectivity index (χ2n) is 5.06. The van der Waals surface area contributed by atoms with Gasteiger partial charge in [0.1, 0.15) is 0 Å². The number of rotatable bonds is 6. The van der Waals surface area contributed by atoms with Gasteiger partial charge in [0.25, 0.3) is 0 Å². The summed E-state index contributed by atoms with van der Waals surface area (Å²) in [5, 5.41) is 0. The minimum atomic E-state index is 0.120. The van der Waals surface area contributed by atoms with Crippen molar-refractivity contribution >= 4 is 23.1 Å². The molecule has 0 saturated carbocycles. The molecular formula is C15H22N2OS. The maximum absolute atomic E-state index is 12.3. The zero-order valence-corrected chi connectivity index (χ0v) is 12.7. The van der Waals surface area contributed by atoms with Crippen molar-refractivity contribution in [2.45, 2.75) is 39.7 Å². The normalized spacial score (nSPS) is 10.5. The van der Waals surface area contributed by atoms with Crippen LogP contribution in [0.4, 0.5) is 0 Å². The first-order valence-corrected chi connectivity index (χ1v) is 6.94. The van der Waals surface area contributed by atoms with E-state index in [0.717, 1.165) is 5.56 Å². The maximum Gasteiger partial charge on any atom is 0.227 e. The fourth-order valence-corrected chi connectivity index (χ4v) is 1.97. The molecule has 3 nitrogen and oxygen atoms in total. The van der Waals surface area contributed by atoms with E-state index >= 15 is 0 Å². The number of carbonyl (C=O) groups excluding carboxylic acids is 1.